The third-order valence-corrected chi connectivity index (χ3v) is 2.25. The summed E-state index contributed by atoms with van der Waals surface area (Å²) in [4.78, 5) is 0. The van der Waals surface area contributed by atoms with Gasteiger partial charge in [-0.05, 0) is 19.4 Å². The van der Waals surface area contributed by atoms with Gasteiger partial charge < -0.3 is 14.6 Å². The lowest BCUT2D eigenvalue weighted by Gasteiger charge is -2.23. The summed E-state index contributed by atoms with van der Waals surface area (Å²) in [5.74, 6) is 1.53. The normalized spacial score (nSPS) is 23.0. The van der Waals surface area contributed by atoms with Gasteiger partial charge in [0.05, 0.1) is 0 Å². The van der Waals surface area contributed by atoms with Crippen molar-refractivity contribution in [2.24, 2.45) is 0 Å². The van der Waals surface area contributed by atoms with E-state index in [0.29, 0.717) is 0 Å². The van der Waals surface area contributed by atoms with E-state index in [9.17, 15) is 0 Å². The highest BCUT2D eigenvalue weighted by atomic mass is 16.5. The van der Waals surface area contributed by atoms with Crippen molar-refractivity contribution in [1.82, 2.24) is 10.5 Å². The predicted molar refractivity (Wildman–Crippen MR) is 47.8 cm³/mol. The Morgan fingerprint density at radius 1 is 1.69 bits per heavy atom. The molecular weight excluding hydrogens is 168 g/mol. The van der Waals surface area contributed by atoms with Crippen LogP contribution in [-0.4, -0.2) is 24.4 Å². The van der Waals surface area contributed by atoms with Crippen LogP contribution in [0.15, 0.2) is 10.7 Å². The monoisotopic (exact) mass is 182 g/mol. The minimum atomic E-state index is 0.270. The van der Waals surface area contributed by atoms with E-state index in [2.05, 4.69) is 10.5 Å². The minimum absolute atomic E-state index is 0.270. The van der Waals surface area contributed by atoms with Crippen molar-refractivity contribution in [3.63, 3.8) is 0 Å². The van der Waals surface area contributed by atoms with Crippen molar-refractivity contribution in [2.45, 2.75) is 25.9 Å². The van der Waals surface area contributed by atoms with Crippen LogP contribution in [0.5, 0.6) is 5.75 Å². The number of hydrogen-bond acceptors (Lipinski definition) is 4. The van der Waals surface area contributed by atoms with Gasteiger partial charge in [0.15, 0.2) is 11.5 Å². The first kappa shape index (κ1) is 8.56. The summed E-state index contributed by atoms with van der Waals surface area (Å²) in [6.45, 7) is 3.88. The Morgan fingerprint density at radius 3 is 3.23 bits per heavy atom. The first-order valence-corrected chi connectivity index (χ1v) is 4.65. The van der Waals surface area contributed by atoms with Crippen LogP contribution in [0, 0.1) is 6.92 Å². The molecule has 1 aromatic heterocycles. The van der Waals surface area contributed by atoms with Crippen molar-refractivity contribution >= 4 is 0 Å². The molecule has 1 aliphatic heterocycles. The largest absolute Gasteiger partial charge is 0.484 e. The molecule has 2 rings (SSSR count). The zero-order valence-electron chi connectivity index (χ0n) is 7.75. The summed E-state index contributed by atoms with van der Waals surface area (Å²) in [5.41, 5.74) is 0. The Labute approximate surface area is 77.2 Å². The standard InChI is InChI=1S/C9H14N2O2/c1-7-9(6-11-13-7)12-8-3-2-4-10-5-8/h6,8,10H,2-5H2,1H3. The lowest BCUT2D eigenvalue weighted by molar-refractivity contribution is 0.164. The van der Waals surface area contributed by atoms with Crippen LogP contribution < -0.4 is 10.1 Å². The van der Waals surface area contributed by atoms with Crippen LogP contribution in [-0.2, 0) is 0 Å². The molecule has 4 nitrogen and oxygen atoms in total. The van der Waals surface area contributed by atoms with Crippen LogP contribution in [0.1, 0.15) is 18.6 Å². The molecule has 1 aliphatic rings. The third kappa shape index (κ3) is 2.01. The SMILES string of the molecule is Cc1oncc1OC1CCCNC1. The molecule has 0 amide bonds. The molecule has 0 saturated carbocycles. The molecule has 1 N–H and O–H groups in total. The molecule has 1 fully saturated rings. The van der Waals surface area contributed by atoms with Crippen LogP contribution >= 0.6 is 0 Å². The third-order valence-electron chi connectivity index (χ3n) is 2.25. The molecular formula is C9H14N2O2. The first-order chi connectivity index (χ1) is 6.36. The molecule has 4 heteroatoms. The Bertz CT molecular complexity index is 266. The van der Waals surface area contributed by atoms with Crippen LogP contribution in [0.2, 0.25) is 0 Å². The van der Waals surface area contributed by atoms with Gasteiger partial charge in [-0.2, -0.15) is 0 Å². The molecule has 1 saturated heterocycles. The highest BCUT2D eigenvalue weighted by Gasteiger charge is 2.16. The van der Waals surface area contributed by atoms with Crippen LogP contribution in [0.4, 0.5) is 0 Å². The van der Waals surface area contributed by atoms with Crippen molar-refractivity contribution in [1.29, 1.82) is 0 Å². The van der Waals surface area contributed by atoms with E-state index in [1.54, 1.807) is 6.20 Å². The van der Waals surface area contributed by atoms with Gasteiger partial charge in [0.1, 0.15) is 12.3 Å². The van der Waals surface area contributed by atoms with Crippen molar-refractivity contribution in [2.75, 3.05) is 13.1 Å². The molecule has 1 unspecified atom stereocenters. The van der Waals surface area contributed by atoms with Crippen molar-refractivity contribution in [3.8, 4) is 5.75 Å². The summed E-state index contributed by atoms with van der Waals surface area (Å²) in [7, 11) is 0. The van der Waals surface area contributed by atoms with E-state index in [0.717, 1.165) is 31.0 Å². The Hall–Kier alpha value is -1.03. The van der Waals surface area contributed by atoms with Crippen molar-refractivity contribution < 1.29 is 9.26 Å². The van der Waals surface area contributed by atoms with Gasteiger partial charge in [-0.3, -0.25) is 0 Å². The summed E-state index contributed by atoms with van der Waals surface area (Å²) in [6.07, 6.45) is 4.18. The molecule has 0 aromatic carbocycles. The summed E-state index contributed by atoms with van der Waals surface area (Å²) < 4.78 is 10.6. The second-order valence-electron chi connectivity index (χ2n) is 3.33. The molecule has 0 radical (unpaired) electrons. The second kappa shape index (κ2) is 3.79. The predicted octanol–water partition coefficient (Wildman–Crippen LogP) is 1.11. The lowest BCUT2D eigenvalue weighted by atomic mass is 10.1. The fourth-order valence-corrected chi connectivity index (χ4v) is 1.50. The number of ether oxygens (including phenoxy) is 1. The highest BCUT2D eigenvalue weighted by Crippen LogP contribution is 2.19. The maximum Gasteiger partial charge on any atom is 0.182 e. The van der Waals surface area contributed by atoms with Gasteiger partial charge in [-0.15, -0.1) is 0 Å². The van der Waals surface area contributed by atoms with Gasteiger partial charge in [0, 0.05) is 13.5 Å². The van der Waals surface area contributed by atoms with E-state index in [-0.39, 0.29) is 6.10 Å². The maximum atomic E-state index is 5.71. The van der Waals surface area contributed by atoms with Gasteiger partial charge in [-0.1, -0.05) is 5.16 Å². The maximum absolute atomic E-state index is 5.71. The number of piperidine rings is 1. The van der Waals surface area contributed by atoms with E-state index in [4.69, 9.17) is 9.26 Å². The number of hydrogen-bond donors (Lipinski definition) is 1. The van der Waals surface area contributed by atoms with Gasteiger partial charge in [0.25, 0.3) is 0 Å². The van der Waals surface area contributed by atoms with E-state index in [1.807, 2.05) is 6.92 Å². The zero-order chi connectivity index (χ0) is 9.10. The molecule has 72 valence electrons. The summed E-state index contributed by atoms with van der Waals surface area (Å²) in [5, 5.41) is 6.96. The molecule has 2 heterocycles. The average molecular weight is 182 g/mol. The van der Waals surface area contributed by atoms with Crippen LogP contribution in [0.25, 0.3) is 0 Å². The van der Waals surface area contributed by atoms with E-state index < -0.39 is 0 Å². The molecule has 0 bridgehead atoms. The quantitative estimate of drug-likeness (QED) is 0.744. The fourth-order valence-electron chi connectivity index (χ4n) is 1.50. The smallest absolute Gasteiger partial charge is 0.182 e. The lowest BCUT2D eigenvalue weighted by Crippen LogP contribution is -2.37. The van der Waals surface area contributed by atoms with Crippen molar-refractivity contribution in [3.05, 3.63) is 12.0 Å². The molecule has 1 aromatic rings. The zero-order valence-corrected chi connectivity index (χ0v) is 7.75. The summed E-state index contributed by atoms with van der Waals surface area (Å²) in [6, 6.07) is 0. The molecule has 1 atom stereocenters. The molecule has 0 aliphatic carbocycles. The van der Waals surface area contributed by atoms with Gasteiger partial charge >= 0.3 is 0 Å². The Kier molecular flexibility index (Phi) is 2.49. The second-order valence-corrected chi connectivity index (χ2v) is 3.33. The number of aromatic nitrogens is 1. The van der Waals surface area contributed by atoms with Gasteiger partial charge in [-0.25, -0.2) is 0 Å². The Morgan fingerprint density at radius 2 is 2.62 bits per heavy atom. The molecule has 13 heavy (non-hydrogen) atoms. The number of nitrogens with one attached hydrogen (secondary N) is 1. The highest BCUT2D eigenvalue weighted by molar-refractivity contribution is 5.19. The van der Waals surface area contributed by atoms with Crippen LogP contribution in [0.3, 0.4) is 0 Å². The summed E-state index contributed by atoms with van der Waals surface area (Å²) >= 11 is 0. The number of aryl methyl sites for hydroxylation is 1. The minimum Gasteiger partial charge on any atom is -0.484 e. The fraction of sp³-hybridized carbons (Fsp3) is 0.667. The average Bonchev–Trinajstić information content (AvgIpc) is 2.54. The van der Waals surface area contributed by atoms with E-state index >= 15 is 0 Å². The topological polar surface area (TPSA) is 47.3 Å². The molecule has 0 spiro atoms. The number of rotatable bonds is 2. The number of nitrogens with zero attached hydrogens (tertiary/aromatic N) is 1. The van der Waals surface area contributed by atoms with E-state index in [1.165, 1.54) is 6.42 Å². The van der Waals surface area contributed by atoms with Gasteiger partial charge in [0.2, 0.25) is 0 Å². The Balaban J connectivity index is 1.93. The first-order valence-electron chi connectivity index (χ1n) is 4.65.